The van der Waals surface area contributed by atoms with Gasteiger partial charge in [0.15, 0.2) is 0 Å². The number of hydrogen-bond donors (Lipinski definition) is 1. The van der Waals surface area contributed by atoms with E-state index in [1.807, 2.05) is 66.7 Å². The first-order valence-electron chi connectivity index (χ1n) is 9.57. The average molecular weight is 405 g/mol. The molecule has 0 radical (unpaired) electrons. The van der Waals surface area contributed by atoms with Crippen molar-refractivity contribution in [2.45, 2.75) is 24.0 Å². The van der Waals surface area contributed by atoms with E-state index in [1.165, 1.54) is 10.5 Å². The number of nitrogens with zero attached hydrogens (tertiary/aromatic N) is 1. The fourth-order valence-corrected chi connectivity index (χ4v) is 3.41. The molecule has 0 aliphatic heterocycles. The fraction of sp³-hybridized carbons (Fsp3) is 0.167. The molecule has 3 aromatic rings. The Morgan fingerprint density at radius 1 is 1.00 bits per heavy atom. The summed E-state index contributed by atoms with van der Waals surface area (Å²) in [6.07, 6.45) is 2.59. The third-order valence-electron chi connectivity index (χ3n) is 4.10. The van der Waals surface area contributed by atoms with Gasteiger partial charge in [-0.1, -0.05) is 37.3 Å². The van der Waals surface area contributed by atoms with Crippen molar-refractivity contribution < 1.29 is 9.53 Å². The Balaban J connectivity index is 1.48. The molecule has 0 aliphatic rings. The van der Waals surface area contributed by atoms with Gasteiger partial charge in [-0.2, -0.15) is 5.10 Å². The van der Waals surface area contributed by atoms with E-state index in [-0.39, 0.29) is 5.91 Å². The number of benzene rings is 3. The summed E-state index contributed by atoms with van der Waals surface area (Å²) in [7, 11) is 0. The Labute approximate surface area is 176 Å². The van der Waals surface area contributed by atoms with Crippen molar-refractivity contribution in [1.29, 1.82) is 0 Å². The molecule has 1 amide bonds. The van der Waals surface area contributed by atoms with Gasteiger partial charge in [0.2, 0.25) is 0 Å². The highest BCUT2D eigenvalue weighted by Crippen LogP contribution is 2.22. The van der Waals surface area contributed by atoms with Crippen molar-refractivity contribution >= 4 is 23.9 Å². The van der Waals surface area contributed by atoms with Crippen LogP contribution in [-0.2, 0) is 5.75 Å². The second kappa shape index (κ2) is 11.1. The number of rotatable bonds is 9. The van der Waals surface area contributed by atoms with Crippen LogP contribution < -0.4 is 10.2 Å². The Morgan fingerprint density at radius 3 is 2.41 bits per heavy atom. The molecule has 0 bridgehead atoms. The molecule has 0 aromatic heterocycles. The summed E-state index contributed by atoms with van der Waals surface area (Å²) in [4.78, 5) is 13.5. The van der Waals surface area contributed by atoms with Gasteiger partial charge in [-0.25, -0.2) is 5.43 Å². The summed E-state index contributed by atoms with van der Waals surface area (Å²) in [6.45, 7) is 2.77. The zero-order chi connectivity index (χ0) is 20.3. The van der Waals surface area contributed by atoms with Gasteiger partial charge in [0.05, 0.1) is 12.8 Å². The van der Waals surface area contributed by atoms with Crippen LogP contribution in [0.5, 0.6) is 5.75 Å². The van der Waals surface area contributed by atoms with Gasteiger partial charge in [-0.05, 0) is 66.1 Å². The third-order valence-corrected chi connectivity index (χ3v) is 5.18. The zero-order valence-corrected chi connectivity index (χ0v) is 17.2. The van der Waals surface area contributed by atoms with Crippen molar-refractivity contribution in [3.8, 4) is 5.75 Å². The first-order chi connectivity index (χ1) is 14.2. The van der Waals surface area contributed by atoms with E-state index < -0.39 is 0 Å². The minimum Gasteiger partial charge on any atom is -0.494 e. The third kappa shape index (κ3) is 6.80. The molecule has 0 aliphatic carbocycles. The van der Waals surface area contributed by atoms with Crippen molar-refractivity contribution in [2.24, 2.45) is 5.10 Å². The van der Waals surface area contributed by atoms with Crippen LogP contribution in [0.1, 0.15) is 34.8 Å². The Bertz CT molecular complexity index is 923. The Morgan fingerprint density at radius 2 is 1.72 bits per heavy atom. The first kappa shape index (κ1) is 20.7. The lowest BCUT2D eigenvalue weighted by Gasteiger charge is -2.05. The summed E-state index contributed by atoms with van der Waals surface area (Å²) in [6, 6.07) is 25.5. The molecule has 5 heteroatoms. The van der Waals surface area contributed by atoms with Crippen LogP contribution >= 0.6 is 11.8 Å². The van der Waals surface area contributed by atoms with E-state index in [2.05, 4.69) is 29.6 Å². The maximum Gasteiger partial charge on any atom is 0.271 e. The standard InChI is InChI=1S/C24H24N2O2S/c1-2-16-28-22-14-10-19(11-15-22)17-25-26-24(27)21-12-8-20(9-13-21)18-29-23-6-4-3-5-7-23/h3-15,17H,2,16,18H2,1H3,(H,26,27)/b25-17-. The molecule has 4 nitrogen and oxygen atoms in total. The highest BCUT2D eigenvalue weighted by molar-refractivity contribution is 7.98. The van der Waals surface area contributed by atoms with Crippen LogP contribution in [0.25, 0.3) is 0 Å². The molecule has 0 heterocycles. The van der Waals surface area contributed by atoms with E-state index >= 15 is 0 Å². The average Bonchev–Trinajstić information content (AvgIpc) is 2.78. The molecule has 0 saturated heterocycles. The molecule has 0 unspecified atom stereocenters. The minimum absolute atomic E-state index is 0.230. The number of hydrazone groups is 1. The highest BCUT2D eigenvalue weighted by Gasteiger charge is 2.04. The molecule has 0 saturated carbocycles. The van der Waals surface area contributed by atoms with Gasteiger partial charge in [0.1, 0.15) is 5.75 Å². The monoisotopic (exact) mass is 404 g/mol. The first-order valence-corrected chi connectivity index (χ1v) is 10.6. The lowest BCUT2D eigenvalue weighted by atomic mass is 10.1. The topological polar surface area (TPSA) is 50.7 Å². The SMILES string of the molecule is CCCOc1ccc(/C=N\NC(=O)c2ccc(CSc3ccccc3)cc2)cc1. The maximum absolute atomic E-state index is 12.2. The van der Waals surface area contributed by atoms with Gasteiger partial charge in [0, 0.05) is 16.2 Å². The quantitative estimate of drug-likeness (QED) is 0.290. The number of carbonyl (C=O) groups excluding carboxylic acids is 1. The van der Waals surface area contributed by atoms with Crippen LogP contribution in [0.2, 0.25) is 0 Å². The second-order valence-corrected chi connectivity index (χ2v) is 7.46. The fourth-order valence-electron chi connectivity index (χ4n) is 2.54. The van der Waals surface area contributed by atoms with Crippen LogP contribution in [-0.4, -0.2) is 18.7 Å². The van der Waals surface area contributed by atoms with Crippen molar-refractivity contribution in [3.63, 3.8) is 0 Å². The van der Waals surface area contributed by atoms with Crippen molar-refractivity contribution in [1.82, 2.24) is 5.43 Å². The Kier molecular flexibility index (Phi) is 7.90. The van der Waals surface area contributed by atoms with E-state index in [9.17, 15) is 4.79 Å². The molecular formula is C24H24N2O2S. The normalized spacial score (nSPS) is 10.8. The molecule has 3 rings (SSSR count). The lowest BCUT2D eigenvalue weighted by molar-refractivity contribution is 0.0955. The van der Waals surface area contributed by atoms with Crippen LogP contribution in [0.3, 0.4) is 0 Å². The van der Waals surface area contributed by atoms with Crippen LogP contribution in [0.4, 0.5) is 0 Å². The molecular weight excluding hydrogens is 380 g/mol. The maximum atomic E-state index is 12.2. The highest BCUT2D eigenvalue weighted by atomic mass is 32.2. The minimum atomic E-state index is -0.230. The van der Waals surface area contributed by atoms with Gasteiger partial charge in [0.25, 0.3) is 5.91 Å². The predicted molar refractivity (Wildman–Crippen MR) is 120 cm³/mol. The number of carbonyl (C=O) groups is 1. The van der Waals surface area contributed by atoms with Gasteiger partial charge in [-0.15, -0.1) is 11.8 Å². The summed E-state index contributed by atoms with van der Waals surface area (Å²) in [5, 5.41) is 4.04. The number of hydrogen-bond acceptors (Lipinski definition) is 4. The molecule has 29 heavy (non-hydrogen) atoms. The molecule has 1 N–H and O–H groups in total. The molecule has 3 aromatic carbocycles. The zero-order valence-electron chi connectivity index (χ0n) is 16.4. The molecule has 0 atom stereocenters. The summed E-state index contributed by atoms with van der Waals surface area (Å²) < 4.78 is 5.55. The van der Waals surface area contributed by atoms with Crippen LogP contribution in [0.15, 0.2) is 88.9 Å². The van der Waals surface area contributed by atoms with E-state index in [1.54, 1.807) is 18.0 Å². The van der Waals surface area contributed by atoms with Crippen LogP contribution in [0, 0.1) is 0 Å². The lowest BCUT2D eigenvalue weighted by Crippen LogP contribution is -2.17. The Hall–Kier alpha value is -3.05. The molecule has 0 fully saturated rings. The summed E-state index contributed by atoms with van der Waals surface area (Å²) in [5.41, 5.74) is 5.21. The largest absolute Gasteiger partial charge is 0.494 e. The summed E-state index contributed by atoms with van der Waals surface area (Å²) in [5.74, 6) is 1.46. The van der Waals surface area contributed by atoms with Crippen molar-refractivity contribution in [3.05, 3.63) is 95.6 Å². The molecule has 0 spiro atoms. The van der Waals surface area contributed by atoms with E-state index in [4.69, 9.17) is 4.74 Å². The number of ether oxygens (including phenoxy) is 1. The number of amides is 1. The summed E-state index contributed by atoms with van der Waals surface area (Å²) >= 11 is 1.77. The number of nitrogens with one attached hydrogen (secondary N) is 1. The van der Waals surface area contributed by atoms with Gasteiger partial charge >= 0.3 is 0 Å². The van der Waals surface area contributed by atoms with Gasteiger partial charge < -0.3 is 4.74 Å². The van der Waals surface area contributed by atoms with Gasteiger partial charge in [-0.3, -0.25) is 4.79 Å². The smallest absolute Gasteiger partial charge is 0.271 e. The number of thioether (sulfide) groups is 1. The van der Waals surface area contributed by atoms with E-state index in [0.717, 1.165) is 23.5 Å². The van der Waals surface area contributed by atoms with E-state index in [0.29, 0.717) is 12.2 Å². The van der Waals surface area contributed by atoms with Crippen molar-refractivity contribution in [2.75, 3.05) is 6.61 Å². The predicted octanol–water partition coefficient (Wildman–Crippen LogP) is 5.53. The molecule has 148 valence electrons. The second-order valence-electron chi connectivity index (χ2n) is 6.42.